The lowest BCUT2D eigenvalue weighted by molar-refractivity contribution is 0.102. The summed E-state index contributed by atoms with van der Waals surface area (Å²) in [6, 6.07) is 18.8. The molecule has 0 bridgehead atoms. The molecule has 7 heteroatoms. The molecule has 3 heterocycles. The van der Waals surface area contributed by atoms with Gasteiger partial charge in [0.05, 0.1) is 6.54 Å². The summed E-state index contributed by atoms with van der Waals surface area (Å²) in [6.07, 6.45) is 6.25. The zero-order valence-electron chi connectivity index (χ0n) is 18.0. The summed E-state index contributed by atoms with van der Waals surface area (Å²) in [5.41, 5.74) is 6.38. The fourth-order valence-electron chi connectivity index (χ4n) is 4.74. The third-order valence-electron chi connectivity index (χ3n) is 6.37. The van der Waals surface area contributed by atoms with Crippen LogP contribution in [-0.4, -0.2) is 25.1 Å². The number of nitrogens with one attached hydrogen (secondary N) is 2. The molecule has 2 aromatic carbocycles. The Kier molecular flexibility index (Phi) is 4.61. The fraction of sp³-hybridized carbons (Fsp3) is 0.192. The maximum atomic E-state index is 13.0. The van der Waals surface area contributed by atoms with Crippen LogP contribution in [-0.2, 0) is 19.4 Å². The number of anilines is 1. The number of fused-ring (bicyclic) bond motifs is 4. The Labute approximate surface area is 189 Å². The predicted octanol–water partition coefficient (Wildman–Crippen LogP) is 4.16. The molecule has 0 unspecified atom stereocenters. The smallest absolute Gasteiger partial charge is 0.350 e. The molecule has 3 aromatic heterocycles. The molecule has 6 rings (SSSR count). The standard InChI is InChI=1S/C26H23N5O2/c32-25(18-11-12-23-21(15-18)20-8-1-2-9-22(20)28-23)27-19-7-5-6-17(14-19)16-31-26(33)30-13-4-3-10-24(30)29-31/h3-7,10-15,28H,1-2,8-9,16H2,(H,27,32). The van der Waals surface area contributed by atoms with Gasteiger partial charge in [-0.1, -0.05) is 18.2 Å². The molecule has 164 valence electrons. The average molecular weight is 438 g/mol. The second-order valence-electron chi connectivity index (χ2n) is 8.57. The Bertz CT molecular complexity index is 1570. The molecule has 1 aliphatic rings. The summed E-state index contributed by atoms with van der Waals surface area (Å²) < 4.78 is 2.95. The number of carbonyl (C=O) groups is 1. The van der Waals surface area contributed by atoms with Crippen molar-refractivity contribution in [2.24, 2.45) is 0 Å². The van der Waals surface area contributed by atoms with Crippen molar-refractivity contribution in [2.45, 2.75) is 32.2 Å². The van der Waals surface area contributed by atoms with E-state index in [1.54, 1.807) is 18.3 Å². The highest BCUT2D eigenvalue weighted by Gasteiger charge is 2.17. The Hall–Kier alpha value is -4.13. The second-order valence-corrected chi connectivity index (χ2v) is 8.57. The Morgan fingerprint density at radius 2 is 1.94 bits per heavy atom. The molecule has 2 N–H and O–H groups in total. The zero-order chi connectivity index (χ0) is 22.4. The molecule has 0 atom stereocenters. The summed E-state index contributed by atoms with van der Waals surface area (Å²) in [4.78, 5) is 29.1. The molecule has 33 heavy (non-hydrogen) atoms. The minimum atomic E-state index is -0.192. The number of hydrogen-bond donors (Lipinski definition) is 2. The summed E-state index contributed by atoms with van der Waals surface area (Å²) in [6.45, 7) is 0.325. The van der Waals surface area contributed by atoms with Crippen LogP contribution in [0.2, 0.25) is 0 Å². The van der Waals surface area contributed by atoms with Crippen molar-refractivity contribution in [2.75, 3.05) is 5.32 Å². The molecule has 0 saturated heterocycles. The number of hydrogen-bond acceptors (Lipinski definition) is 3. The van der Waals surface area contributed by atoms with E-state index in [9.17, 15) is 9.59 Å². The molecule has 1 amide bonds. The normalized spacial score (nSPS) is 13.3. The maximum absolute atomic E-state index is 13.0. The number of nitrogens with zero attached hydrogens (tertiary/aromatic N) is 3. The van der Waals surface area contributed by atoms with E-state index in [-0.39, 0.29) is 11.6 Å². The van der Waals surface area contributed by atoms with Gasteiger partial charge in [0.15, 0.2) is 5.65 Å². The monoisotopic (exact) mass is 437 g/mol. The predicted molar refractivity (Wildman–Crippen MR) is 128 cm³/mol. The number of amides is 1. The van der Waals surface area contributed by atoms with Crippen molar-refractivity contribution < 1.29 is 4.79 Å². The zero-order valence-corrected chi connectivity index (χ0v) is 18.0. The van der Waals surface area contributed by atoms with Crippen molar-refractivity contribution in [1.29, 1.82) is 0 Å². The highest BCUT2D eigenvalue weighted by Crippen LogP contribution is 2.30. The highest BCUT2D eigenvalue weighted by atomic mass is 16.2. The van der Waals surface area contributed by atoms with Gasteiger partial charge in [-0.3, -0.25) is 9.20 Å². The lowest BCUT2D eigenvalue weighted by Crippen LogP contribution is -2.21. The second kappa shape index (κ2) is 7.78. The lowest BCUT2D eigenvalue weighted by Gasteiger charge is -2.11. The van der Waals surface area contributed by atoms with Crippen LogP contribution in [0, 0.1) is 0 Å². The first-order valence-electron chi connectivity index (χ1n) is 11.2. The number of pyridine rings is 1. The van der Waals surface area contributed by atoms with Crippen LogP contribution in [0.3, 0.4) is 0 Å². The van der Waals surface area contributed by atoms with E-state index in [0.717, 1.165) is 29.3 Å². The SMILES string of the molecule is O=C(Nc1cccc(Cn2nc3ccccn3c2=O)c1)c1ccc2[nH]c3c(c2c1)CCCC3. The van der Waals surface area contributed by atoms with Crippen LogP contribution >= 0.6 is 0 Å². The topological polar surface area (TPSA) is 84.2 Å². The fourth-order valence-corrected chi connectivity index (χ4v) is 4.74. The maximum Gasteiger partial charge on any atom is 0.350 e. The molecule has 7 nitrogen and oxygen atoms in total. The highest BCUT2D eigenvalue weighted by molar-refractivity contribution is 6.06. The third-order valence-corrected chi connectivity index (χ3v) is 6.37. The van der Waals surface area contributed by atoms with Crippen molar-refractivity contribution in [3.8, 4) is 0 Å². The van der Waals surface area contributed by atoms with E-state index in [2.05, 4.69) is 15.4 Å². The van der Waals surface area contributed by atoms with Crippen LogP contribution in [0.1, 0.15) is 40.0 Å². The van der Waals surface area contributed by atoms with Gasteiger partial charge in [-0.25, -0.2) is 9.48 Å². The molecule has 0 fully saturated rings. The van der Waals surface area contributed by atoms with Crippen LogP contribution in [0.25, 0.3) is 16.6 Å². The molecule has 0 aliphatic heterocycles. The molecule has 0 saturated carbocycles. The van der Waals surface area contributed by atoms with Gasteiger partial charge in [0.25, 0.3) is 5.91 Å². The van der Waals surface area contributed by atoms with E-state index < -0.39 is 0 Å². The molecular weight excluding hydrogens is 414 g/mol. The Morgan fingerprint density at radius 3 is 2.85 bits per heavy atom. The minimum Gasteiger partial charge on any atom is -0.358 e. The van der Waals surface area contributed by atoms with E-state index in [4.69, 9.17) is 0 Å². The number of carbonyl (C=O) groups excluding carboxylic acids is 1. The van der Waals surface area contributed by atoms with Crippen molar-refractivity contribution in [3.05, 3.63) is 99.7 Å². The van der Waals surface area contributed by atoms with Crippen LogP contribution in [0.5, 0.6) is 0 Å². The van der Waals surface area contributed by atoms with Crippen LogP contribution < -0.4 is 11.0 Å². The van der Waals surface area contributed by atoms with Gasteiger partial charge in [-0.15, -0.1) is 5.10 Å². The van der Waals surface area contributed by atoms with Gasteiger partial charge in [0, 0.05) is 34.0 Å². The third kappa shape index (κ3) is 3.51. The number of aromatic amines is 1. The number of aromatic nitrogens is 4. The van der Waals surface area contributed by atoms with E-state index >= 15 is 0 Å². The molecule has 1 aliphatic carbocycles. The molecule has 5 aromatic rings. The number of benzene rings is 2. The van der Waals surface area contributed by atoms with Gasteiger partial charge in [-0.2, -0.15) is 0 Å². The first-order chi connectivity index (χ1) is 16.2. The van der Waals surface area contributed by atoms with Crippen molar-refractivity contribution >= 4 is 28.1 Å². The summed E-state index contributed by atoms with van der Waals surface area (Å²) in [5.74, 6) is -0.148. The van der Waals surface area contributed by atoms with Gasteiger partial charge in [0.2, 0.25) is 0 Å². The minimum absolute atomic E-state index is 0.148. The van der Waals surface area contributed by atoms with Crippen LogP contribution in [0.4, 0.5) is 5.69 Å². The quantitative estimate of drug-likeness (QED) is 0.443. The lowest BCUT2D eigenvalue weighted by atomic mass is 9.95. The largest absolute Gasteiger partial charge is 0.358 e. The summed E-state index contributed by atoms with van der Waals surface area (Å²) in [5, 5.41) is 8.53. The van der Waals surface area contributed by atoms with Gasteiger partial charge in [0.1, 0.15) is 0 Å². The summed E-state index contributed by atoms with van der Waals surface area (Å²) >= 11 is 0. The van der Waals surface area contributed by atoms with Gasteiger partial charge < -0.3 is 10.3 Å². The number of aryl methyl sites for hydroxylation is 2. The Balaban J connectivity index is 1.24. The number of H-pyrrole nitrogens is 1. The summed E-state index contributed by atoms with van der Waals surface area (Å²) in [7, 11) is 0. The first-order valence-corrected chi connectivity index (χ1v) is 11.2. The average Bonchev–Trinajstić information content (AvgIpc) is 3.36. The number of rotatable bonds is 4. The molecular formula is C26H23N5O2. The Morgan fingerprint density at radius 1 is 1.03 bits per heavy atom. The van der Waals surface area contributed by atoms with E-state index in [1.807, 2.05) is 48.5 Å². The van der Waals surface area contributed by atoms with E-state index in [0.29, 0.717) is 23.4 Å². The van der Waals surface area contributed by atoms with Crippen molar-refractivity contribution in [3.63, 3.8) is 0 Å². The van der Waals surface area contributed by atoms with Crippen LogP contribution in [0.15, 0.2) is 71.7 Å². The van der Waals surface area contributed by atoms with E-state index in [1.165, 1.54) is 33.2 Å². The molecule has 0 radical (unpaired) electrons. The first kappa shape index (κ1) is 19.5. The molecule has 0 spiro atoms. The van der Waals surface area contributed by atoms with Gasteiger partial charge in [-0.05, 0) is 79.3 Å². The van der Waals surface area contributed by atoms with Crippen molar-refractivity contribution in [1.82, 2.24) is 19.2 Å². The van der Waals surface area contributed by atoms with Gasteiger partial charge >= 0.3 is 5.69 Å².